The summed E-state index contributed by atoms with van der Waals surface area (Å²) in [5.74, 6) is 0.798. The van der Waals surface area contributed by atoms with E-state index >= 15 is 0 Å². The first-order valence-corrected chi connectivity index (χ1v) is 5.05. The molecule has 2 heterocycles. The molecule has 3 nitrogen and oxygen atoms in total. The van der Waals surface area contributed by atoms with Crippen molar-refractivity contribution in [1.29, 1.82) is 0 Å². The zero-order valence-corrected chi connectivity index (χ0v) is 8.38. The van der Waals surface area contributed by atoms with Crippen LogP contribution in [0.25, 0.3) is 0 Å². The molecule has 1 aromatic rings. The standard InChI is InChI=1S/C11H14NO2/c1-9-7-10(8-14-9)11(13)12-5-3-2-4-6-12/h7H,2-6H2,1H3. The number of aryl methyl sites for hydroxylation is 1. The van der Waals surface area contributed by atoms with Crippen molar-refractivity contribution in [3.8, 4) is 0 Å². The third-order valence-corrected chi connectivity index (χ3v) is 2.54. The molecule has 0 bridgehead atoms. The monoisotopic (exact) mass is 192 g/mol. The maximum absolute atomic E-state index is 11.8. The predicted octanol–water partition coefficient (Wildman–Crippen LogP) is 2.01. The second kappa shape index (κ2) is 3.86. The Kier molecular flexibility index (Phi) is 2.57. The number of amides is 1. The average molecular weight is 192 g/mol. The summed E-state index contributed by atoms with van der Waals surface area (Å²) in [7, 11) is 0. The van der Waals surface area contributed by atoms with Crippen LogP contribution >= 0.6 is 0 Å². The summed E-state index contributed by atoms with van der Waals surface area (Å²) in [6.07, 6.45) is 6.10. The zero-order chi connectivity index (χ0) is 9.97. The van der Waals surface area contributed by atoms with E-state index in [-0.39, 0.29) is 5.91 Å². The molecule has 1 radical (unpaired) electrons. The highest BCUT2D eigenvalue weighted by Crippen LogP contribution is 2.14. The van der Waals surface area contributed by atoms with Crippen LogP contribution in [-0.4, -0.2) is 23.9 Å². The van der Waals surface area contributed by atoms with E-state index in [0.717, 1.165) is 31.7 Å². The van der Waals surface area contributed by atoms with Crippen molar-refractivity contribution in [3.05, 3.63) is 23.7 Å². The van der Waals surface area contributed by atoms with Gasteiger partial charge >= 0.3 is 0 Å². The van der Waals surface area contributed by atoms with Crippen molar-refractivity contribution >= 4 is 5.91 Å². The molecule has 1 saturated heterocycles. The van der Waals surface area contributed by atoms with Crippen molar-refractivity contribution < 1.29 is 9.21 Å². The van der Waals surface area contributed by atoms with Gasteiger partial charge in [0.25, 0.3) is 5.91 Å². The molecule has 14 heavy (non-hydrogen) atoms. The molecule has 0 atom stereocenters. The van der Waals surface area contributed by atoms with E-state index < -0.39 is 0 Å². The molecule has 0 aromatic carbocycles. The minimum Gasteiger partial charge on any atom is -0.457 e. The quantitative estimate of drug-likeness (QED) is 0.682. The average Bonchev–Trinajstić information content (AvgIpc) is 2.65. The Bertz CT molecular complexity index is 324. The van der Waals surface area contributed by atoms with E-state index in [0.29, 0.717) is 5.56 Å². The Morgan fingerprint density at radius 2 is 2.14 bits per heavy atom. The number of nitrogens with zero attached hydrogens (tertiary/aromatic N) is 1. The van der Waals surface area contributed by atoms with Gasteiger partial charge in [0.2, 0.25) is 0 Å². The fraction of sp³-hybridized carbons (Fsp3) is 0.545. The van der Waals surface area contributed by atoms with Gasteiger partial charge in [-0.05, 0) is 32.3 Å². The van der Waals surface area contributed by atoms with Gasteiger partial charge in [0.05, 0.1) is 5.56 Å². The first-order valence-electron chi connectivity index (χ1n) is 5.05. The fourth-order valence-corrected chi connectivity index (χ4v) is 1.77. The summed E-state index contributed by atoms with van der Waals surface area (Å²) in [5, 5.41) is 0. The predicted molar refractivity (Wildman–Crippen MR) is 52.0 cm³/mol. The van der Waals surface area contributed by atoms with Crippen molar-refractivity contribution in [2.45, 2.75) is 26.2 Å². The first-order chi connectivity index (χ1) is 6.77. The van der Waals surface area contributed by atoms with E-state index in [1.165, 1.54) is 6.42 Å². The Hall–Kier alpha value is -1.25. The lowest BCUT2D eigenvalue weighted by Gasteiger charge is -2.25. The number of furan rings is 1. The minimum absolute atomic E-state index is 0.0570. The third kappa shape index (κ3) is 1.81. The van der Waals surface area contributed by atoms with Crippen LogP contribution in [0.4, 0.5) is 0 Å². The number of hydrogen-bond donors (Lipinski definition) is 0. The third-order valence-electron chi connectivity index (χ3n) is 2.54. The summed E-state index contributed by atoms with van der Waals surface area (Å²) in [4.78, 5) is 13.7. The maximum atomic E-state index is 11.8. The van der Waals surface area contributed by atoms with Gasteiger partial charge in [-0.1, -0.05) is 0 Å². The largest absolute Gasteiger partial charge is 0.457 e. The minimum atomic E-state index is 0.0570. The fourth-order valence-electron chi connectivity index (χ4n) is 1.77. The molecule has 1 fully saturated rings. The number of hydrogen-bond acceptors (Lipinski definition) is 2. The Morgan fingerprint density at radius 1 is 1.43 bits per heavy atom. The highest BCUT2D eigenvalue weighted by molar-refractivity contribution is 5.93. The van der Waals surface area contributed by atoms with Crippen molar-refractivity contribution in [2.24, 2.45) is 0 Å². The normalized spacial score (nSPS) is 17.1. The molecule has 1 aromatic heterocycles. The van der Waals surface area contributed by atoms with E-state index in [4.69, 9.17) is 4.42 Å². The molecule has 0 unspecified atom stereocenters. The Morgan fingerprint density at radius 3 is 2.71 bits per heavy atom. The number of carbonyl (C=O) groups excluding carboxylic acids is 1. The second-order valence-corrected chi connectivity index (χ2v) is 3.73. The summed E-state index contributed by atoms with van der Waals surface area (Å²) >= 11 is 0. The molecule has 1 aliphatic rings. The van der Waals surface area contributed by atoms with Crippen LogP contribution < -0.4 is 0 Å². The van der Waals surface area contributed by atoms with Gasteiger partial charge in [0.15, 0.2) is 6.26 Å². The van der Waals surface area contributed by atoms with Crippen molar-refractivity contribution in [1.82, 2.24) is 4.90 Å². The molecule has 0 aliphatic carbocycles. The molecule has 0 saturated carbocycles. The maximum Gasteiger partial charge on any atom is 0.257 e. The zero-order valence-electron chi connectivity index (χ0n) is 8.38. The van der Waals surface area contributed by atoms with Crippen LogP contribution in [0, 0.1) is 13.2 Å². The van der Waals surface area contributed by atoms with Crippen LogP contribution in [0.1, 0.15) is 35.4 Å². The van der Waals surface area contributed by atoms with E-state index in [2.05, 4.69) is 6.26 Å². The van der Waals surface area contributed by atoms with E-state index in [1.807, 2.05) is 11.8 Å². The van der Waals surface area contributed by atoms with Gasteiger partial charge in [-0.15, -0.1) is 0 Å². The van der Waals surface area contributed by atoms with Crippen LogP contribution in [0.2, 0.25) is 0 Å². The van der Waals surface area contributed by atoms with Gasteiger partial charge in [0.1, 0.15) is 5.76 Å². The highest BCUT2D eigenvalue weighted by Gasteiger charge is 2.19. The number of rotatable bonds is 1. The Balaban J connectivity index is 2.07. The van der Waals surface area contributed by atoms with Gasteiger partial charge in [-0.25, -0.2) is 0 Å². The van der Waals surface area contributed by atoms with Crippen LogP contribution in [0.3, 0.4) is 0 Å². The van der Waals surface area contributed by atoms with Gasteiger partial charge < -0.3 is 9.32 Å². The van der Waals surface area contributed by atoms with Gasteiger partial charge in [0, 0.05) is 13.1 Å². The SMILES string of the molecule is Cc1cc(C(=O)N2CCCCC2)[c]o1. The van der Waals surface area contributed by atoms with Gasteiger partial charge in [-0.3, -0.25) is 4.79 Å². The molecule has 0 N–H and O–H groups in total. The van der Waals surface area contributed by atoms with Crippen molar-refractivity contribution in [3.63, 3.8) is 0 Å². The van der Waals surface area contributed by atoms with Crippen molar-refractivity contribution in [2.75, 3.05) is 13.1 Å². The molecule has 3 heteroatoms. The lowest BCUT2D eigenvalue weighted by atomic mass is 10.1. The molecule has 0 spiro atoms. The van der Waals surface area contributed by atoms with E-state index in [9.17, 15) is 4.79 Å². The molecular formula is C11H14NO2. The smallest absolute Gasteiger partial charge is 0.257 e. The molecule has 1 amide bonds. The van der Waals surface area contributed by atoms with Crippen LogP contribution in [0.15, 0.2) is 10.5 Å². The molecule has 1 aliphatic heterocycles. The lowest BCUT2D eigenvalue weighted by Crippen LogP contribution is -2.35. The van der Waals surface area contributed by atoms with Crippen LogP contribution in [0.5, 0.6) is 0 Å². The lowest BCUT2D eigenvalue weighted by molar-refractivity contribution is 0.0723. The van der Waals surface area contributed by atoms with E-state index in [1.54, 1.807) is 6.07 Å². The highest BCUT2D eigenvalue weighted by atomic mass is 16.3. The topological polar surface area (TPSA) is 33.5 Å². The number of piperidine rings is 1. The van der Waals surface area contributed by atoms with Crippen LogP contribution in [-0.2, 0) is 0 Å². The summed E-state index contributed by atoms with van der Waals surface area (Å²) < 4.78 is 5.00. The number of likely N-dealkylation sites (tertiary alicyclic amines) is 1. The summed E-state index contributed by atoms with van der Waals surface area (Å²) in [5.41, 5.74) is 0.560. The molecular weight excluding hydrogens is 178 g/mol. The molecule has 2 rings (SSSR count). The molecule has 75 valence electrons. The second-order valence-electron chi connectivity index (χ2n) is 3.73. The summed E-state index contributed by atoms with van der Waals surface area (Å²) in [6, 6.07) is 1.75. The first kappa shape index (κ1) is 9.31. The Labute approximate surface area is 83.7 Å². The number of carbonyl (C=O) groups is 1. The summed E-state index contributed by atoms with van der Waals surface area (Å²) in [6.45, 7) is 3.57. The van der Waals surface area contributed by atoms with Gasteiger partial charge in [-0.2, -0.15) is 0 Å².